The van der Waals surface area contributed by atoms with Crippen LogP contribution in [-0.2, 0) is 23.7 Å². The van der Waals surface area contributed by atoms with Crippen LogP contribution in [0.4, 0.5) is 0 Å². The van der Waals surface area contributed by atoms with Crippen molar-refractivity contribution in [3.8, 4) is 0 Å². The molecule has 5 rings (SSSR count). The summed E-state index contributed by atoms with van der Waals surface area (Å²) in [4.78, 5) is 28.6. The van der Waals surface area contributed by atoms with Gasteiger partial charge in [-0.15, -0.1) is 0 Å². The Morgan fingerprint density at radius 1 is 1.26 bits per heavy atom. The lowest BCUT2D eigenvalue weighted by Gasteiger charge is -2.48. The fourth-order valence-electron chi connectivity index (χ4n) is 6.70. The molecule has 1 aromatic heterocycles. The summed E-state index contributed by atoms with van der Waals surface area (Å²) in [6.07, 6.45) is 5.41. The molecule has 2 aliphatic carbocycles. The Balaban J connectivity index is 1.57. The normalized spacial score (nSPS) is 46.2. The minimum Gasteiger partial charge on any atom is -0.460 e. The summed E-state index contributed by atoms with van der Waals surface area (Å²) >= 11 is 0. The zero-order valence-electron chi connectivity index (χ0n) is 20.8. The van der Waals surface area contributed by atoms with Crippen molar-refractivity contribution in [2.24, 2.45) is 29.6 Å². The largest absolute Gasteiger partial charge is 0.460 e. The van der Waals surface area contributed by atoms with Crippen LogP contribution < -0.4 is 0 Å². The Hall–Kier alpha value is -2.42. The maximum Gasteiger partial charge on any atom is 0.355 e. The monoisotopic (exact) mass is 485 g/mol. The summed E-state index contributed by atoms with van der Waals surface area (Å²) in [5, 5.41) is 11.7. The maximum absolute atomic E-state index is 12.9. The van der Waals surface area contributed by atoms with Gasteiger partial charge in [0.15, 0.2) is 6.10 Å². The van der Waals surface area contributed by atoms with E-state index in [1.54, 1.807) is 18.3 Å². The van der Waals surface area contributed by atoms with Crippen LogP contribution in [0.5, 0.6) is 0 Å². The number of methoxy groups -OCH3 is 1. The summed E-state index contributed by atoms with van der Waals surface area (Å²) in [6.45, 7) is 7.83. The molecule has 190 valence electrons. The number of carbonyl (C=O) groups excluding carboxylic acids is 2. The number of ether oxygens (including phenoxy) is 4. The summed E-state index contributed by atoms with van der Waals surface area (Å²) in [5.74, 6) is -1.82. The molecule has 3 heterocycles. The quantitative estimate of drug-likeness (QED) is 0.501. The molecule has 1 spiro atoms. The average molecular weight is 486 g/mol. The number of carbonyl (C=O) groups is 2. The van der Waals surface area contributed by atoms with Crippen LogP contribution in [-0.4, -0.2) is 65.3 Å². The van der Waals surface area contributed by atoms with E-state index in [1.165, 1.54) is 7.11 Å². The maximum atomic E-state index is 12.9. The minimum atomic E-state index is -0.840. The predicted molar refractivity (Wildman–Crippen MR) is 126 cm³/mol. The van der Waals surface area contributed by atoms with Crippen LogP contribution in [0.25, 0.3) is 0 Å². The number of hydrogen-bond donors (Lipinski definition) is 2. The molecule has 8 nitrogen and oxygen atoms in total. The van der Waals surface area contributed by atoms with Crippen molar-refractivity contribution in [3.63, 3.8) is 0 Å². The summed E-state index contributed by atoms with van der Waals surface area (Å²) in [7, 11) is 1.51. The molecule has 2 fully saturated rings. The first-order valence-corrected chi connectivity index (χ1v) is 12.5. The molecule has 2 N–H and O–H groups in total. The van der Waals surface area contributed by atoms with E-state index in [0.717, 1.165) is 5.57 Å². The van der Waals surface area contributed by atoms with E-state index in [4.69, 9.17) is 18.9 Å². The van der Waals surface area contributed by atoms with Gasteiger partial charge in [-0.3, -0.25) is 0 Å². The van der Waals surface area contributed by atoms with E-state index in [0.29, 0.717) is 12.1 Å². The molecule has 0 amide bonds. The SMILES string of the molecule is CO[C@H]1C[C@H]2C=C[C@H]3[C@H]4O[C@]2(/C(C)=C/[C@@H](C)[C@H](C)OC1=O)[C@@H]3[C@H](O)[C@@H](C)[C@H]4OC(=O)c1ccc[nH]1. The fourth-order valence-corrected chi connectivity index (χ4v) is 6.70. The number of aliphatic hydroxyl groups is 1. The Morgan fingerprint density at radius 2 is 2.03 bits per heavy atom. The molecule has 1 saturated heterocycles. The fraction of sp³-hybridized carbons (Fsp3) is 0.630. The first kappa shape index (κ1) is 24.3. The smallest absolute Gasteiger partial charge is 0.355 e. The first-order valence-electron chi connectivity index (χ1n) is 12.5. The average Bonchev–Trinajstić information content (AvgIpc) is 3.43. The van der Waals surface area contributed by atoms with Crippen molar-refractivity contribution >= 4 is 11.9 Å². The summed E-state index contributed by atoms with van der Waals surface area (Å²) < 4.78 is 24.1. The van der Waals surface area contributed by atoms with Crippen molar-refractivity contribution in [2.45, 2.75) is 70.2 Å². The first-order chi connectivity index (χ1) is 16.7. The predicted octanol–water partition coefficient (Wildman–Crippen LogP) is 3.04. The van der Waals surface area contributed by atoms with Gasteiger partial charge >= 0.3 is 11.9 Å². The van der Waals surface area contributed by atoms with Gasteiger partial charge in [0, 0.05) is 42.9 Å². The highest BCUT2D eigenvalue weighted by atomic mass is 16.6. The lowest BCUT2D eigenvalue weighted by molar-refractivity contribution is -0.165. The third kappa shape index (κ3) is 3.69. The number of aliphatic hydroxyl groups excluding tert-OH is 1. The van der Waals surface area contributed by atoms with Crippen LogP contribution in [0.15, 0.2) is 42.1 Å². The van der Waals surface area contributed by atoms with Crippen molar-refractivity contribution < 1.29 is 33.6 Å². The van der Waals surface area contributed by atoms with Crippen LogP contribution in [0.1, 0.15) is 44.6 Å². The third-order valence-electron chi connectivity index (χ3n) is 8.73. The van der Waals surface area contributed by atoms with Gasteiger partial charge in [-0.2, -0.15) is 0 Å². The van der Waals surface area contributed by atoms with E-state index < -0.39 is 42.0 Å². The molecule has 4 aliphatic rings. The zero-order chi connectivity index (χ0) is 25.1. The number of H-pyrrole nitrogens is 1. The zero-order valence-corrected chi connectivity index (χ0v) is 20.8. The second-order valence-corrected chi connectivity index (χ2v) is 10.6. The molecule has 1 aromatic rings. The topological polar surface area (TPSA) is 107 Å². The molecular formula is C27H35NO7. The number of cyclic esters (lactones) is 1. The van der Waals surface area contributed by atoms with Crippen LogP contribution >= 0.6 is 0 Å². The molecule has 8 heteroatoms. The highest BCUT2D eigenvalue weighted by Gasteiger charge is 2.69. The van der Waals surface area contributed by atoms with Gasteiger partial charge in [-0.1, -0.05) is 32.1 Å². The highest BCUT2D eigenvalue weighted by molar-refractivity contribution is 5.87. The van der Waals surface area contributed by atoms with Crippen LogP contribution in [0.3, 0.4) is 0 Å². The van der Waals surface area contributed by atoms with Gasteiger partial charge in [0.05, 0.1) is 6.10 Å². The number of aromatic amines is 1. The van der Waals surface area contributed by atoms with Crippen molar-refractivity contribution in [1.82, 2.24) is 4.98 Å². The van der Waals surface area contributed by atoms with Gasteiger partial charge in [-0.25, -0.2) is 9.59 Å². The number of hydrogen-bond acceptors (Lipinski definition) is 7. The summed E-state index contributed by atoms with van der Waals surface area (Å²) in [5.41, 5.74) is 0.521. The van der Waals surface area contributed by atoms with Crippen molar-refractivity contribution in [1.29, 1.82) is 0 Å². The highest BCUT2D eigenvalue weighted by Crippen LogP contribution is 2.61. The van der Waals surface area contributed by atoms with E-state index in [2.05, 4.69) is 23.2 Å². The van der Waals surface area contributed by atoms with Crippen LogP contribution in [0, 0.1) is 29.6 Å². The standard InChI is InChI=1S/C27H35NO7/c1-13-11-14(2)27-17(12-20(32-5)26(31)33-16(13)4)8-9-18-21(27)22(29)15(3)23(24(18)35-27)34-25(30)19-7-6-10-28-19/h6-11,13,15-18,20-24,28-29H,12H2,1-5H3/b14-11+/t13-,15-,16+,17-,18-,20+,21+,22-,23-,24-,27+/m1/s1. The van der Waals surface area contributed by atoms with Gasteiger partial charge in [-0.05, 0) is 38.0 Å². The second kappa shape index (κ2) is 8.91. The number of esters is 2. The Morgan fingerprint density at radius 3 is 2.71 bits per heavy atom. The molecule has 4 bridgehead atoms. The molecule has 35 heavy (non-hydrogen) atoms. The van der Waals surface area contributed by atoms with Gasteiger partial charge < -0.3 is 29.0 Å². The van der Waals surface area contributed by atoms with E-state index >= 15 is 0 Å². The third-order valence-corrected chi connectivity index (χ3v) is 8.73. The minimum absolute atomic E-state index is 0.0611. The van der Waals surface area contributed by atoms with E-state index in [1.807, 2.05) is 27.7 Å². The molecule has 1 saturated carbocycles. The second-order valence-electron chi connectivity index (χ2n) is 10.6. The molecule has 11 atom stereocenters. The number of aromatic nitrogens is 1. The number of nitrogens with one attached hydrogen (secondary N) is 1. The van der Waals surface area contributed by atoms with Crippen LogP contribution in [0.2, 0.25) is 0 Å². The number of rotatable bonds is 3. The molecule has 0 unspecified atom stereocenters. The van der Waals surface area contributed by atoms with E-state index in [9.17, 15) is 14.7 Å². The Labute approximate surface area is 205 Å². The molecule has 2 aliphatic heterocycles. The Kier molecular flexibility index (Phi) is 6.18. The molecular weight excluding hydrogens is 450 g/mol. The van der Waals surface area contributed by atoms with Gasteiger partial charge in [0.25, 0.3) is 0 Å². The van der Waals surface area contributed by atoms with Gasteiger partial charge in [0.2, 0.25) is 0 Å². The summed E-state index contributed by atoms with van der Waals surface area (Å²) in [6, 6.07) is 3.41. The van der Waals surface area contributed by atoms with Crippen molar-refractivity contribution in [2.75, 3.05) is 7.11 Å². The lowest BCUT2D eigenvalue weighted by Crippen LogP contribution is -2.57. The lowest BCUT2D eigenvalue weighted by atomic mass is 9.57. The van der Waals surface area contributed by atoms with E-state index in [-0.39, 0.29) is 35.7 Å². The Bertz CT molecular complexity index is 1030. The van der Waals surface area contributed by atoms with Gasteiger partial charge in [0.1, 0.15) is 29.6 Å². The van der Waals surface area contributed by atoms with Crippen molar-refractivity contribution in [3.05, 3.63) is 47.8 Å². The molecule has 0 radical (unpaired) electrons. The molecule has 0 aromatic carbocycles.